The maximum absolute atomic E-state index is 11.6. The molecule has 1 amide bonds. The van der Waals surface area contributed by atoms with E-state index in [1.54, 1.807) is 13.2 Å². The number of carbonyl (C=O) groups excluding carboxylic acids is 1. The van der Waals surface area contributed by atoms with Gasteiger partial charge in [-0.15, -0.1) is 0 Å². The lowest BCUT2D eigenvalue weighted by molar-refractivity contribution is -0.122. The fourth-order valence-corrected chi connectivity index (χ4v) is 2.64. The van der Waals surface area contributed by atoms with Crippen molar-refractivity contribution < 1.29 is 4.79 Å². The molecular formula is C19H26N6O. The Labute approximate surface area is 153 Å². The number of aromatic nitrogens is 2. The van der Waals surface area contributed by atoms with E-state index in [4.69, 9.17) is 0 Å². The number of aliphatic imine (C=N–C) groups is 1. The number of rotatable bonds is 8. The summed E-state index contributed by atoms with van der Waals surface area (Å²) in [6.07, 6.45) is 6.67. The number of nitrogens with one attached hydrogen (secondary N) is 3. The van der Waals surface area contributed by atoms with Gasteiger partial charge in [-0.05, 0) is 43.0 Å². The Morgan fingerprint density at radius 3 is 2.54 bits per heavy atom. The fraction of sp³-hybridized carbons (Fsp3) is 0.421. The summed E-state index contributed by atoms with van der Waals surface area (Å²) < 4.78 is 1.84. The van der Waals surface area contributed by atoms with E-state index in [1.807, 2.05) is 16.9 Å². The van der Waals surface area contributed by atoms with Crippen molar-refractivity contribution in [1.29, 1.82) is 0 Å². The Bertz CT molecular complexity index is 719. The number of nitrogens with zero attached hydrogens (tertiary/aromatic N) is 3. The monoisotopic (exact) mass is 354 g/mol. The Balaban J connectivity index is 1.34. The van der Waals surface area contributed by atoms with Crippen molar-refractivity contribution in [2.45, 2.75) is 19.3 Å². The molecule has 1 aliphatic rings. The third kappa shape index (κ3) is 5.34. The van der Waals surface area contributed by atoms with Crippen LogP contribution in [0, 0.1) is 5.92 Å². The highest BCUT2D eigenvalue weighted by molar-refractivity contribution is 5.81. The average Bonchev–Trinajstić information content (AvgIpc) is 3.38. The van der Waals surface area contributed by atoms with Crippen LogP contribution in [0.4, 0.5) is 0 Å². The van der Waals surface area contributed by atoms with E-state index < -0.39 is 0 Å². The van der Waals surface area contributed by atoms with E-state index in [0.29, 0.717) is 13.1 Å². The molecule has 0 bridgehead atoms. The second-order valence-electron chi connectivity index (χ2n) is 6.36. The minimum atomic E-state index is 0.174. The summed E-state index contributed by atoms with van der Waals surface area (Å²) in [5.41, 5.74) is 2.30. The first-order valence-corrected chi connectivity index (χ1v) is 9.07. The molecule has 1 aliphatic carbocycles. The molecule has 0 aliphatic heterocycles. The van der Waals surface area contributed by atoms with E-state index in [9.17, 15) is 4.79 Å². The van der Waals surface area contributed by atoms with Gasteiger partial charge < -0.3 is 16.0 Å². The predicted molar refractivity (Wildman–Crippen MR) is 102 cm³/mol. The van der Waals surface area contributed by atoms with E-state index in [2.05, 4.69) is 50.3 Å². The molecule has 0 atom stereocenters. The minimum Gasteiger partial charge on any atom is -0.356 e. The first kappa shape index (κ1) is 18.0. The van der Waals surface area contributed by atoms with Crippen LogP contribution < -0.4 is 16.0 Å². The number of amides is 1. The quantitative estimate of drug-likeness (QED) is 0.377. The Kier molecular flexibility index (Phi) is 6.24. The normalized spacial score (nSPS) is 14.1. The summed E-state index contributed by atoms with van der Waals surface area (Å²) in [5, 5.41) is 13.7. The SMILES string of the molecule is CN=C(NCCNC(=O)C1CC1)NCCc1ccc(-n2cccn2)cc1. The molecule has 1 aromatic heterocycles. The van der Waals surface area contributed by atoms with Crippen molar-refractivity contribution in [1.82, 2.24) is 25.7 Å². The molecule has 0 spiro atoms. The van der Waals surface area contributed by atoms with Crippen LogP contribution in [0.2, 0.25) is 0 Å². The third-order valence-corrected chi connectivity index (χ3v) is 4.30. The highest BCUT2D eigenvalue weighted by Gasteiger charge is 2.28. The topological polar surface area (TPSA) is 83.3 Å². The van der Waals surface area contributed by atoms with Gasteiger partial charge in [-0.25, -0.2) is 4.68 Å². The first-order valence-electron chi connectivity index (χ1n) is 9.07. The maximum atomic E-state index is 11.6. The highest BCUT2D eigenvalue weighted by Crippen LogP contribution is 2.28. The van der Waals surface area contributed by atoms with Crippen LogP contribution in [0.5, 0.6) is 0 Å². The lowest BCUT2D eigenvalue weighted by Gasteiger charge is -2.12. The summed E-state index contributed by atoms with van der Waals surface area (Å²) in [7, 11) is 1.75. The second-order valence-corrected chi connectivity index (χ2v) is 6.36. The molecule has 3 rings (SSSR count). The summed E-state index contributed by atoms with van der Waals surface area (Å²) in [5.74, 6) is 1.18. The van der Waals surface area contributed by atoms with Gasteiger partial charge in [0, 0.05) is 45.0 Å². The lowest BCUT2D eigenvalue weighted by Crippen LogP contribution is -2.42. The molecule has 1 saturated carbocycles. The fourth-order valence-electron chi connectivity index (χ4n) is 2.64. The minimum absolute atomic E-state index is 0.174. The number of benzene rings is 1. The summed E-state index contributed by atoms with van der Waals surface area (Å²) >= 11 is 0. The van der Waals surface area contributed by atoms with Crippen molar-refractivity contribution in [3.05, 3.63) is 48.3 Å². The Morgan fingerprint density at radius 1 is 1.15 bits per heavy atom. The van der Waals surface area contributed by atoms with Gasteiger partial charge in [0.25, 0.3) is 0 Å². The molecule has 1 heterocycles. The van der Waals surface area contributed by atoms with Crippen molar-refractivity contribution in [3.63, 3.8) is 0 Å². The molecule has 7 nitrogen and oxygen atoms in total. The standard InChI is InChI=1S/C19H26N6O/c1-20-19(23-13-12-21-18(26)16-5-6-16)22-11-9-15-3-7-17(8-4-15)25-14-2-10-24-25/h2-4,7-8,10,14,16H,5-6,9,11-13H2,1H3,(H,21,26)(H2,20,22,23). The molecule has 2 aromatic rings. The molecule has 138 valence electrons. The summed E-state index contributed by atoms with van der Waals surface area (Å²) in [6, 6.07) is 10.3. The summed E-state index contributed by atoms with van der Waals surface area (Å²) in [4.78, 5) is 15.8. The van der Waals surface area contributed by atoms with Gasteiger partial charge in [-0.1, -0.05) is 12.1 Å². The van der Waals surface area contributed by atoms with Gasteiger partial charge in [0.1, 0.15) is 0 Å². The van der Waals surface area contributed by atoms with Crippen LogP contribution in [0.15, 0.2) is 47.7 Å². The Hall–Kier alpha value is -2.83. The van der Waals surface area contributed by atoms with E-state index in [0.717, 1.165) is 37.5 Å². The zero-order chi connectivity index (χ0) is 18.2. The second kappa shape index (κ2) is 9.03. The van der Waals surface area contributed by atoms with Crippen LogP contribution in [0.3, 0.4) is 0 Å². The van der Waals surface area contributed by atoms with Gasteiger partial charge in [-0.2, -0.15) is 5.10 Å². The molecule has 0 radical (unpaired) electrons. The van der Waals surface area contributed by atoms with Crippen molar-refractivity contribution >= 4 is 11.9 Å². The molecule has 7 heteroatoms. The van der Waals surface area contributed by atoms with Crippen LogP contribution in [0.25, 0.3) is 5.69 Å². The van der Waals surface area contributed by atoms with Gasteiger partial charge in [0.05, 0.1) is 5.69 Å². The Morgan fingerprint density at radius 2 is 1.88 bits per heavy atom. The third-order valence-electron chi connectivity index (χ3n) is 4.30. The smallest absolute Gasteiger partial charge is 0.223 e. The molecule has 0 saturated heterocycles. The van der Waals surface area contributed by atoms with Crippen LogP contribution in [-0.4, -0.2) is 48.3 Å². The maximum Gasteiger partial charge on any atom is 0.223 e. The predicted octanol–water partition coefficient (Wildman–Crippen LogP) is 1.11. The summed E-state index contributed by atoms with van der Waals surface area (Å²) in [6.45, 7) is 2.07. The lowest BCUT2D eigenvalue weighted by atomic mass is 10.1. The van der Waals surface area contributed by atoms with Gasteiger partial charge >= 0.3 is 0 Å². The van der Waals surface area contributed by atoms with Gasteiger partial charge in [0.2, 0.25) is 5.91 Å². The number of carbonyl (C=O) groups is 1. The molecule has 0 unspecified atom stereocenters. The van der Waals surface area contributed by atoms with Gasteiger partial charge in [0.15, 0.2) is 5.96 Å². The number of hydrogen-bond donors (Lipinski definition) is 3. The van der Waals surface area contributed by atoms with Crippen LogP contribution in [0.1, 0.15) is 18.4 Å². The zero-order valence-corrected chi connectivity index (χ0v) is 15.1. The first-order chi connectivity index (χ1) is 12.8. The number of guanidine groups is 1. The molecule has 26 heavy (non-hydrogen) atoms. The largest absolute Gasteiger partial charge is 0.356 e. The molecule has 3 N–H and O–H groups in total. The van der Waals surface area contributed by atoms with E-state index in [-0.39, 0.29) is 11.8 Å². The van der Waals surface area contributed by atoms with Crippen molar-refractivity contribution in [3.8, 4) is 5.69 Å². The molecular weight excluding hydrogens is 328 g/mol. The number of hydrogen-bond acceptors (Lipinski definition) is 3. The van der Waals surface area contributed by atoms with Gasteiger partial charge in [-0.3, -0.25) is 9.79 Å². The zero-order valence-electron chi connectivity index (χ0n) is 15.1. The van der Waals surface area contributed by atoms with Crippen LogP contribution in [-0.2, 0) is 11.2 Å². The molecule has 1 aromatic carbocycles. The van der Waals surface area contributed by atoms with Crippen LogP contribution >= 0.6 is 0 Å². The van der Waals surface area contributed by atoms with Crippen molar-refractivity contribution in [2.75, 3.05) is 26.7 Å². The molecule has 1 fully saturated rings. The average molecular weight is 354 g/mol. The van der Waals surface area contributed by atoms with E-state index >= 15 is 0 Å². The van der Waals surface area contributed by atoms with E-state index in [1.165, 1.54) is 5.56 Å². The highest BCUT2D eigenvalue weighted by atomic mass is 16.2. The van der Waals surface area contributed by atoms with Crippen molar-refractivity contribution in [2.24, 2.45) is 10.9 Å².